The lowest BCUT2D eigenvalue weighted by Crippen LogP contribution is -2.26. The van der Waals surface area contributed by atoms with Crippen molar-refractivity contribution < 1.29 is 17.9 Å². The van der Waals surface area contributed by atoms with E-state index in [2.05, 4.69) is 5.32 Å². The minimum atomic E-state index is -3.66. The van der Waals surface area contributed by atoms with Crippen LogP contribution in [0, 0.1) is 0 Å². The Kier molecular flexibility index (Phi) is 7.17. The highest BCUT2D eigenvalue weighted by Crippen LogP contribution is 2.35. The van der Waals surface area contributed by atoms with Gasteiger partial charge in [-0.1, -0.05) is 60.7 Å². The molecule has 0 radical (unpaired) electrons. The minimum absolute atomic E-state index is 0.160. The molecule has 0 aromatic heterocycles. The van der Waals surface area contributed by atoms with E-state index < -0.39 is 10.0 Å². The van der Waals surface area contributed by atoms with Gasteiger partial charge in [0, 0.05) is 25.0 Å². The Hall–Kier alpha value is -3.07. The minimum Gasteiger partial charge on any atom is -0.486 e. The van der Waals surface area contributed by atoms with Gasteiger partial charge in [-0.2, -0.15) is 4.31 Å². The molecule has 6 nitrogen and oxygen atoms in total. The summed E-state index contributed by atoms with van der Waals surface area (Å²) in [4.78, 5) is 13.9. The summed E-state index contributed by atoms with van der Waals surface area (Å²) in [6.07, 6.45) is 0. The number of nitrogens with one attached hydrogen (secondary N) is 1. The summed E-state index contributed by atoms with van der Waals surface area (Å²) in [6.45, 7) is 0.724. The maximum atomic E-state index is 12.9. The fraction of sp³-hybridized carbons (Fsp3) is 0.160. The molecule has 4 rings (SSSR count). The number of hydrogen-bond acceptors (Lipinski definition) is 5. The third-order valence-electron chi connectivity index (χ3n) is 5.09. The number of thioether (sulfide) groups is 1. The summed E-state index contributed by atoms with van der Waals surface area (Å²) in [7, 11) is -2.12. The highest BCUT2D eigenvalue weighted by molar-refractivity contribution is 8.08. The van der Waals surface area contributed by atoms with E-state index in [1.807, 2.05) is 60.7 Å². The van der Waals surface area contributed by atoms with Crippen LogP contribution in [0.25, 0.3) is 4.91 Å². The molecule has 1 N–H and O–H groups in total. The molecule has 0 saturated heterocycles. The average Bonchev–Trinajstić information content (AvgIpc) is 2.85. The van der Waals surface area contributed by atoms with Crippen molar-refractivity contribution in [2.75, 3.05) is 24.7 Å². The molecular formula is C25H24N2O4S2. The topological polar surface area (TPSA) is 75.7 Å². The number of anilines is 1. The Morgan fingerprint density at radius 1 is 0.970 bits per heavy atom. The Bertz CT molecular complexity index is 1240. The lowest BCUT2D eigenvalue weighted by molar-refractivity contribution is -0.115. The van der Waals surface area contributed by atoms with Crippen molar-refractivity contribution in [2.24, 2.45) is 0 Å². The molecule has 3 aromatic rings. The first-order valence-electron chi connectivity index (χ1n) is 10.4. The fourth-order valence-corrected chi connectivity index (χ4v) is 5.51. The van der Waals surface area contributed by atoms with Gasteiger partial charge in [-0.15, -0.1) is 11.8 Å². The van der Waals surface area contributed by atoms with E-state index in [0.29, 0.717) is 12.3 Å². The first-order valence-corrected chi connectivity index (χ1v) is 12.8. The number of hydrogen-bond donors (Lipinski definition) is 1. The molecule has 0 unspecified atom stereocenters. The highest BCUT2D eigenvalue weighted by Gasteiger charge is 2.24. The second-order valence-corrected chi connectivity index (χ2v) is 10.6. The van der Waals surface area contributed by atoms with E-state index >= 15 is 0 Å². The van der Waals surface area contributed by atoms with Gasteiger partial charge in [0.05, 0.1) is 16.4 Å². The van der Waals surface area contributed by atoms with Crippen LogP contribution in [-0.4, -0.2) is 38.0 Å². The first kappa shape index (κ1) is 23.1. The smallest absolute Gasteiger partial charge is 0.291 e. The summed E-state index contributed by atoms with van der Waals surface area (Å²) in [5, 5.41) is 2.82. The van der Waals surface area contributed by atoms with E-state index in [4.69, 9.17) is 4.74 Å². The number of carbonyl (C=O) groups is 1. The Balaban J connectivity index is 1.49. The van der Waals surface area contributed by atoms with Crippen molar-refractivity contribution in [3.8, 4) is 0 Å². The SMILES string of the molecule is CN(Cc1ccccc1)S(=O)(=O)c1ccc(NC(=O)C2=C(c3ccccc3)SCCO2)cc1. The van der Waals surface area contributed by atoms with Crippen LogP contribution >= 0.6 is 11.8 Å². The van der Waals surface area contributed by atoms with Crippen molar-refractivity contribution in [3.63, 3.8) is 0 Å². The van der Waals surface area contributed by atoms with Crippen molar-refractivity contribution in [1.82, 2.24) is 4.31 Å². The van der Waals surface area contributed by atoms with Gasteiger partial charge in [0.15, 0.2) is 5.76 Å². The standard InChI is InChI=1S/C25H24N2O4S2/c1-27(18-19-8-4-2-5-9-19)33(29,30)22-14-12-21(13-15-22)26-25(28)23-24(32-17-16-31-23)20-10-6-3-7-11-20/h2-15H,16-18H2,1H3,(H,26,28). The predicted molar refractivity (Wildman–Crippen MR) is 132 cm³/mol. The third-order valence-corrected chi connectivity index (χ3v) is 7.99. The van der Waals surface area contributed by atoms with E-state index in [1.165, 1.54) is 16.4 Å². The molecule has 3 aromatic carbocycles. The van der Waals surface area contributed by atoms with Crippen LogP contribution in [0.2, 0.25) is 0 Å². The molecule has 0 fully saturated rings. The number of sulfonamides is 1. The van der Waals surface area contributed by atoms with Gasteiger partial charge in [-0.05, 0) is 35.4 Å². The van der Waals surface area contributed by atoms with Gasteiger partial charge in [0.25, 0.3) is 5.91 Å². The second kappa shape index (κ2) is 10.2. The van der Waals surface area contributed by atoms with Gasteiger partial charge in [-0.25, -0.2) is 8.42 Å². The molecule has 8 heteroatoms. The quantitative estimate of drug-likeness (QED) is 0.536. The maximum absolute atomic E-state index is 12.9. The normalized spacial score (nSPS) is 14.1. The van der Waals surface area contributed by atoms with Gasteiger partial charge in [0.1, 0.15) is 0 Å². The molecule has 0 spiro atoms. The number of rotatable bonds is 7. The molecule has 1 aliphatic heterocycles. The molecule has 1 amide bonds. The Morgan fingerprint density at radius 2 is 1.61 bits per heavy atom. The molecule has 0 aliphatic carbocycles. The summed E-state index contributed by atoms with van der Waals surface area (Å²) < 4.78 is 32.8. The second-order valence-electron chi connectivity index (χ2n) is 7.45. The zero-order valence-electron chi connectivity index (χ0n) is 18.1. The average molecular weight is 481 g/mol. The van der Waals surface area contributed by atoms with Crippen LogP contribution in [0.3, 0.4) is 0 Å². The molecule has 1 aliphatic rings. The van der Waals surface area contributed by atoms with Gasteiger partial charge in [0.2, 0.25) is 10.0 Å². The van der Waals surface area contributed by atoms with Crippen molar-refractivity contribution >= 4 is 38.3 Å². The van der Waals surface area contributed by atoms with Crippen LogP contribution in [0.15, 0.2) is 95.6 Å². The number of benzene rings is 3. The van der Waals surface area contributed by atoms with Crippen molar-refractivity contribution in [3.05, 3.63) is 102 Å². The Labute approximate surface area is 198 Å². The van der Waals surface area contributed by atoms with E-state index in [1.54, 1.807) is 30.9 Å². The zero-order chi connectivity index (χ0) is 23.3. The van der Waals surface area contributed by atoms with E-state index in [9.17, 15) is 13.2 Å². The summed E-state index contributed by atoms with van der Waals surface area (Å²) in [5.41, 5.74) is 2.32. The summed E-state index contributed by atoms with van der Waals surface area (Å²) >= 11 is 1.58. The van der Waals surface area contributed by atoms with Crippen LogP contribution in [0.1, 0.15) is 11.1 Å². The molecule has 33 heavy (non-hydrogen) atoms. The number of amides is 1. The predicted octanol–water partition coefficient (Wildman–Crippen LogP) is 4.58. The van der Waals surface area contributed by atoms with Crippen LogP contribution in [0.4, 0.5) is 5.69 Å². The summed E-state index contributed by atoms with van der Waals surface area (Å²) in [6, 6.07) is 25.2. The van der Waals surface area contributed by atoms with Crippen LogP contribution < -0.4 is 5.32 Å². The molecule has 0 saturated carbocycles. The van der Waals surface area contributed by atoms with Gasteiger partial charge < -0.3 is 10.1 Å². The molecule has 0 atom stereocenters. The van der Waals surface area contributed by atoms with Gasteiger partial charge >= 0.3 is 0 Å². The molecule has 170 valence electrons. The van der Waals surface area contributed by atoms with E-state index in [0.717, 1.165) is 21.8 Å². The highest BCUT2D eigenvalue weighted by atomic mass is 32.2. The number of nitrogens with zero attached hydrogens (tertiary/aromatic N) is 1. The fourth-order valence-electron chi connectivity index (χ4n) is 3.39. The van der Waals surface area contributed by atoms with Crippen LogP contribution in [-0.2, 0) is 26.1 Å². The van der Waals surface area contributed by atoms with Crippen molar-refractivity contribution in [1.29, 1.82) is 0 Å². The largest absolute Gasteiger partial charge is 0.486 e. The number of carbonyl (C=O) groups excluding carboxylic acids is 1. The lowest BCUT2D eigenvalue weighted by atomic mass is 10.2. The van der Waals surface area contributed by atoms with Gasteiger partial charge in [-0.3, -0.25) is 4.79 Å². The van der Waals surface area contributed by atoms with Crippen molar-refractivity contribution in [2.45, 2.75) is 11.4 Å². The Morgan fingerprint density at radius 3 is 2.27 bits per heavy atom. The lowest BCUT2D eigenvalue weighted by Gasteiger charge is -2.21. The van der Waals surface area contributed by atoms with Crippen LogP contribution in [0.5, 0.6) is 0 Å². The molecule has 1 heterocycles. The maximum Gasteiger partial charge on any atom is 0.291 e. The third kappa shape index (κ3) is 5.47. The number of ether oxygens (including phenoxy) is 1. The molecule has 0 bridgehead atoms. The first-order chi connectivity index (χ1) is 15.9. The monoisotopic (exact) mass is 480 g/mol. The summed E-state index contributed by atoms with van der Waals surface area (Å²) in [5.74, 6) is 0.680. The van der Waals surface area contributed by atoms with E-state index in [-0.39, 0.29) is 23.1 Å². The molecular weight excluding hydrogens is 456 g/mol. The zero-order valence-corrected chi connectivity index (χ0v) is 19.7.